The molecule has 6 heteroatoms. The summed E-state index contributed by atoms with van der Waals surface area (Å²) < 4.78 is 4.16. The van der Waals surface area contributed by atoms with Gasteiger partial charge in [0.25, 0.3) is 0 Å². The Labute approximate surface area is 84.6 Å². The largest absolute Gasteiger partial charge is 0.391 e. The van der Waals surface area contributed by atoms with E-state index in [0.717, 1.165) is 13.8 Å². The van der Waals surface area contributed by atoms with Crippen molar-refractivity contribution in [2.75, 3.05) is 0 Å². The monoisotopic (exact) mass is 212 g/mol. The van der Waals surface area contributed by atoms with Crippen molar-refractivity contribution in [1.29, 1.82) is 0 Å². The molecule has 1 aliphatic heterocycles. The summed E-state index contributed by atoms with van der Waals surface area (Å²) in [7, 11) is 0. The minimum Gasteiger partial charge on any atom is -0.391 e. The SMILES string of the molecule is CC(=O)[C@@H]1C(=O)OC(=O)[C@H](C(C)=O)C1=O. The molecular weight excluding hydrogens is 204 g/mol. The molecule has 0 aliphatic carbocycles. The van der Waals surface area contributed by atoms with Crippen molar-refractivity contribution in [3.63, 3.8) is 0 Å². The second kappa shape index (κ2) is 3.72. The van der Waals surface area contributed by atoms with Crippen LogP contribution in [0.3, 0.4) is 0 Å². The molecular formula is C9H8O6. The standard InChI is InChI=1S/C9H8O6/c1-3(10)5-7(12)6(4(2)11)9(14)15-8(5)13/h5-6H,1-2H3/t5-,6+. The number of rotatable bonds is 2. The molecule has 0 radical (unpaired) electrons. The van der Waals surface area contributed by atoms with Crippen molar-refractivity contribution in [3.8, 4) is 0 Å². The molecule has 0 aromatic carbocycles. The van der Waals surface area contributed by atoms with E-state index in [1.807, 2.05) is 0 Å². The van der Waals surface area contributed by atoms with E-state index in [2.05, 4.69) is 4.74 Å². The molecule has 1 saturated heterocycles. The molecule has 1 heterocycles. The van der Waals surface area contributed by atoms with Crippen LogP contribution in [0.15, 0.2) is 0 Å². The number of Topliss-reactive ketones (excluding diaryl/α,β-unsaturated/α-hetero) is 3. The van der Waals surface area contributed by atoms with Gasteiger partial charge in [-0.3, -0.25) is 24.0 Å². The molecule has 0 spiro atoms. The van der Waals surface area contributed by atoms with Gasteiger partial charge in [-0.25, -0.2) is 0 Å². The highest BCUT2D eigenvalue weighted by atomic mass is 16.6. The molecule has 1 fully saturated rings. The van der Waals surface area contributed by atoms with Gasteiger partial charge in [0.15, 0.2) is 29.2 Å². The first kappa shape index (κ1) is 11.2. The molecule has 0 N–H and O–H groups in total. The maximum Gasteiger partial charge on any atom is 0.331 e. The van der Waals surface area contributed by atoms with Gasteiger partial charge < -0.3 is 4.74 Å². The van der Waals surface area contributed by atoms with Gasteiger partial charge in [-0.05, 0) is 13.8 Å². The summed E-state index contributed by atoms with van der Waals surface area (Å²) in [6.45, 7) is 2.05. The van der Waals surface area contributed by atoms with E-state index in [9.17, 15) is 24.0 Å². The fourth-order valence-electron chi connectivity index (χ4n) is 1.35. The van der Waals surface area contributed by atoms with Crippen LogP contribution in [0.4, 0.5) is 0 Å². The molecule has 0 unspecified atom stereocenters. The molecule has 0 aromatic rings. The van der Waals surface area contributed by atoms with Crippen molar-refractivity contribution in [3.05, 3.63) is 0 Å². The molecule has 2 atom stereocenters. The molecule has 80 valence electrons. The second-order valence-corrected chi connectivity index (χ2v) is 3.23. The van der Waals surface area contributed by atoms with Crippen LogP contribution in [0.1, 0.15) is 13.8 Å². The summed E-state index contributed by atoms with van der Waals surface area (Å²) in [5, 5.41) is 0. The number of esters is 2. The third kappa shape index (κ3) is 1.83. The number of ether oxygens (including phenoxy) is 1. The quantitative estimate of drug-likeness (QED) is 0.432. The predicted molar refractivity (Wildman–Crippen MR) is 44.4 cm³/mol. The lowest BCUT2D eigenvalue weighted by Crippen LogP contribution is -2.48. The lowest BCUT2D eigenvalue weighted by atomic mass is 9.86. The first-order chi connectivity index (χ1) is 6.86. The summed E-state index contributed by atoms with van der Waals surface area (Å²) in [5.74, 6) is -8.14. The van der Waals surface area contributed by atoms with Crippen molar-refractivity contribution >= 4 is 29.3 Å². The zero-order valence-electron chi connectivity index (χ0n) is 8.10. The Morgan fingerprint density at radius 2 is 1.27 bits per heavy atom. The summed E-state index contributed by atoms with van der Waals surface area (Å²) in [6.07, 6.45) is 0. The molecule has 6 nitrogen and oxygen atoms in total. The van der Waals surface area contributed by atoms with E-state index in [1.54, 1.807) is 0 Å². The lowest BCUT2D eigenvalue weighted by molar-refractivity contribution is -0.174. The molecule has 0 bridgehead atoms. The minimum atomic E-state index is -1.64. The van der Waals surface area contributed by atoms with E-state index in [4.69, 9.17) is 0 Å². The molecule has 0 saturated carbocycles. The summed E-state index contributed by atoms with van der Waals surface area (Å²) in [6, 6.07) is 0. The zero-order chi connectivity index (χ0) is 11.7. The van der Waals surface area contributed by atoms with E-state index in [0.29, 0.717) is 0 Å². The maximum atomic E-state index is 11.5. The average molecular weight is 212 g/mol. The number of hydrogen-bond donors (Lipinski definition) is 0. The van der Waals surface area contributed by atoms with Crippen LogP contribution in [-0.4, -0.2) is 29.3 Å². The number of carbonyl (C=O) groups excluding carboxylic acids is 5. The van der Waals surface area contributed by atoms with Crippen LogP contribution in [-0.2, 0) is 28.7 Å². The van der Waals surface area contributed by atoms with Gasteiger partial charge in [0.2, 0.25) is 0 Å². The molecule has 15 heavy (non-hydrogen) atoms. The number of ketones is 3. The highest BCUT2D eigenvalue weighted by Crippen LogP contribution is 2.20. The minimum absolute atomic E-state index is 0.733. The Bertz CT molecular complexity index is 346. The van der Waals surface area contributed by atoms with E-state index in [-0.39, 0.29) is 0 Å². The summed E-state index contributed by atoms with van der Waals surface area (Å²) >= 11 is 0. The Hall–Kier alpha value is -1.85. The Morgan fingerprint density at radius 3 is 1.53 bits per heavy atom. The average Bonchev–Trinajstić information content (AvgIpc) is 1.99. The Morgan fingerprint density at radius 1 is 0.933 bits per heavy atom. The van der Waals surface area contributed by atoms with Gasteiger partial charge in [-0.1, -0.05) is 0 Å². The smallest absolute Gasteiger partial charge is 0.331 e. The van der Waals surface area contributed by atoms with Crippen molar-refractivity contribution in [2.24, 2.45) is 11.8 Å². The van der Waals surface area contributed by atoms with Gasteiger partial charge in [-0.2, -0.15) is 0 Å². The third-order valence-electron chi connectivity index (χ3n) is 2.05. The predicted octanol–water partition coefficient (Wildman–Crippen LogP) is -0.951. The van der Waals surface area contributed by atoms with Crippen LogP contribution < -0.4 is 0 Å². The maximum absolute atomic E-state index is 11.5. The normalized spacial score (nSPS) is 26.1. The molecule has 1 rings (SSSR count). The highest BCUT2D eigenvalue weighted by Gasteiger charge is 2.49. The van der Waals surface area contributed by atoms with Gasteiger partial charge >= 0.3 is 11.9 Å². The van der Waals surface area contributed by atoms with Crippen LogP contribution in [0.5, 0.6) is 0 Å². The van der Waals surface area contributed by atoms with Gasteiger partial charge in [0, 0.05) is 0 Å². The molecule has 0 amide bonds. The van der Waals surface area contributed by atoms with Gasteiger partial charge in [0.05, 0.1) is 0 Å². The highest BCUT2D eigenvalue weighted by molar-refractivity contribution is 6.31. The van der Waals surface area contributed by atoms with Crippen molar-refractivity contribution in [1.82, 2.24) is 0 Å². The number of cyclic esters (lactones) is 2. The van der Waals surface area contributed by atoms with Gasteiger partial charge in [0.1, 0.15) is 0 Å². The fraction of sp³-hybridized carbons (Fsp3) is 0.444. The first-order valence-corrected chi connectivity index (χ1v) is 4.16. The summed E-state index contributed by atoms with van der Waals surface area (Å²) in [5.41, 5.74) is 0. The van der Waals surface area contributed by atoms with Gasteiger partial charge in [-0.15, -0.1) is 0 Å². The fourth-order valence-corrected chi connectivity index (χ4v) is 1.35. The van der Waals surface area contributed by atoms with E-state index < -0.39 is 41.1 Å². The molecule has 1 aliphatic rings. The Kier molecular flexibility index (Phi) is 2.78. The zero-order valence-corrected chi connectivity index (χ0v) is 8.10. The second-order valence-electron chi connectivity index (χ2n) is 3.23. The number of carbonyl (C=O) groups is 5. The van der Waals surface area contributed by atoms with Crippen LogP contribution in [0.2, 0.25) is 0 Å². The van der Waals surface area contributed by atoms with E-state index >= 15 is 0 Å². The van der Waals surface area contributed by atoms with E-state index in [1.165, 1.54) is 0 Å². The van der Waals surface area contributed by atoms with Crippen LogP contribution in [0.25, 0.3) is 0 Å². The first-order valence-electron chi connectivity index (χ1n) is 4.16. The lowest BCUT2D eigenvalue weighted by Gasteiger charge is -2.21. The molecule has 0 aromatic heterocycles. The Balaban J connectivity index is 3.10. The number of hydrogen-bond acceptors (Lipinski definition) is 6. The van der Waals surface area contributed by atoms with Crippen LogP contribution >= 0.6 is 0 Å². The van der Waals surface area contributed by atoms with Crippen molar-refractivity contribution in [2.45, 2.75) is 13.8 Å². The van der Waals surface area contributed by atoms with Crippen LogP contribution in [0, 0.1) is 11.8 Å². The van der Waals surface area contributed by atoms with Crippen molar-refractivity contribution < 1.29 is 28.7 Å². The topological polar surface area (TPSA) is 94.6 Å². The summed E-state index contributed by atoms with van der Waals surface area (Å²) in [4.78, 5) is 55.4. The third-order valence-corrected chi connectivity index (χ3v) is 2.05.